The average Bonchev–Trinajstić information content (AvgIpc) is 2.44. The molecule has 1 aromatic rings. The van der Waals surface area contributed by atoms with Gasteiger partial charge in [0.1, 0.15) is 6.10 Å². The van der Waals surface area contributed by atoms with Gasteiger partial charge in [-0.1, -0.05) is 6.42 Å². The second-order valence-electron chi connectivity index (χ2n) is 5.00. The highest BCUT2D eigenvalue weighted by molar-refractivity contribution is 9.10. The molecule has 20 heavy (non-hydrogen) atoms. The van der Waals surface area contributed by atoms with E-state index in [1.807, 2.05) is 13.0 Å². The third-order valence-electron chi connectivity index (χ3n) is 3.49. The number of aliphatic hydroxyl groups excluding tert-OH is 2. The van der Waals surface area contributed by atoms with E-state index in [4.69, 9.17) is 9.47 Å². The number of halogens is 1. The van der Waals surface area contributed by atoms with Gasteiger partial charge in [0, 0.05) is 0 Å². The highest BCUT2D eigenvalue weighted by atomic mass is 79.9. The first-order valence-corrected chi connectivity index (χ1v) is 7.85. The Labute approximate surface area is 127 Å². The quantitative estimate of drug-likeness (QED) is 0.861. The molecule has 2 N–H and O–H groups in total. The van der Waals surface area contributed by atoms with E-state index in [1.165, 1.54) is 0 Å². The van der Waals surface area contributed by atoms with Gasteiger partial charge in [0.05, 0.1) is 23.8 Å². The summed E-state index contributed by atoms with van der Waals surface area (Å²) < 4.78 is 12.3. The minimum absolute atomic E-state index is 0.0506. The van der Waals surface area contributed by atoms with Crippen LogP contribution in [0.1, 0.15) is 38.2 Å². The van der Waals surface area contributed by atoms with Crippen molar-refractivity contribution >= 4 is 15.9 Å². The number of rotatable bonds is 5. The molecule has 5 heteroatoms. The first-order chi connectivity index (χ1) is 9.65. The van der Waals surface area contributed by atoms with Crippen molar-refractivity contribution in [1.82, 2.24) is 0 Å². The molecule has 0 amide bonds. The van der Waals surface area contributed by atoms with Crippen molar-refractivity contribution in [2.45, 2.75) is 51.4 Å². The summed E-state index contributed by atoms with van der Waals surface area (Å²) in [6, 6.07) is 3.59. The Kier molecular flexibility index (Phi) is 5.69. The van der Waals surface area contributed by atoms with Crippen LogP contribution in [-0.4, -0.2) is 29.0 Å². The van der Waals surface area contributed by atoms with E-state index in [2.05, 4.69) is 15.9 Å². The fourth-order valence-electron chi connectivity index (χ4n) is 2.46. The van der Waals surface area contributed by atoms with Gasteiger partial charge in [0.25, 0.3) is 0 Å². The summed E-state index contributed by atoms with van der Waals surface area (Å²) in [4.78, 5) is 0. The average molecular weight is 345 g/mol. The Morgan fingerprint density at radius 3 is 2.70 bits per heavy atom. The molecule has 0 saturated heterocycles. The predicted molar refractivity (Wildman–Crippen MR) is 80.1 cm³/mol. The van der Waals surface area contributed by atoms with Crippen LogP contribution in [0.2, 0.25) is 0 Å². The third-order valence-corrected chi connectivity index (χ3v) is 4.08. The first-order valence-electron chi connectivity index (χ1n) is 7.06. The Bertz CT molecular complexity index is 450. The molecule has 0 bridgehead atoms. The second-order valence-corrected chi connectivity index (χ2v) is 5.86. The molecule has 0 aliphatic heterocycles. The van der Waals surface area contributed by atoms with Gasteiger partial charge in [-0.25, -0.2) is 0 Å². The monoisotopic (exact) mass is 344 g/mol. The molecule has 2 atom stereocenters. The number of hydrogen-bond donors (Lipinski definition) is 2. The van der Waals surface area contributed by atoms with Crippen molar-refractivity contribution in [1.29, 1.82) is 0 Å². The highest BCUT2D eigenvalue weighted by Gasteiger charge is 2.26. The Morgan fingerprint density at radius 1 is 1.30 bits per heavy atom. The molecule has 1 aliphatic rings. The van der Waals surface area contributed by atoms with Gasteiger partial charge in [-0.2, -0.15) is 0 Å². The summed E-state index contributed by atoms with van der Waals surface area (Å²) >= 11 is 3.46. The van der Waals surface area contributed by atoms with Crippen LogP contribution in [-0.2, 0) is 6.61 Å². The smallest absolute Gasteiger partial charge is 0.175 e. The van der Waals surface area contributed by atoms with Crippen molar-refractivity contribution in [2.24, 2.45) is 0 Å². The molecule has 1 saturated carbocycles. The summed E-state index contributed by atoms with van der Waals surface area (Å²) in [6.45, 7) is 2.37. The van der Waals surface area contributed by atoms with E-state index < -0.39 is 6.10 Å². The van der Waals surface area contributed by atoms with E-state index in [9.17, 15) is 10.2 Å². The van der Waals surface area contributed by atoms with E-state index in [1.54, 1.807) is 6.07 Å². The van der Waals surface area contributed by atoms with Crippen LogP contribution >= 0.6 is 15.9 Å². The van der Waals surface area contributed by atoms with Crippen LogP contribution in [0.4, 0.5) is 0 Å². The van der Waals surface area contributed by atoms with Gasteiger partial charge in [-0.15, -0.1) is 0 Å². The van der Waals surface area contributed by atoms with E-state index in [-0.39, 0.29) is 12.7 Å². The zero-order chi connectivity index (χ0) is 14.5. The zero-order valence-electron chi connectivity index (χ0n) is 11.6. The lowest BCUT2D eigenvalue weighted by molar-refractivity contribution is 0.00501. The van der Waals surface area contributed by atoms with Gasteiger partial charge in [-0.05, 0) is 59.8 Å². The van der Waals surface area contributed by atoms with Crippen LogP contribution in [0.15, 0.2) is 16.6 Å². The fraction of sp³-hybridized carbons (Fsp3) is 0.600. The van der Waals surface area contributed by atoms with E-state index in [0.717, 1.165) is 35.7 Å². The summed E-state index contributed by atoms with van der Waals surface area (Å²) in [5.74, 6) is 1.21. The largest absolute Gasteiger partial charge is 0.490 e. The van der Waals surface area contributed by atoms with Gasteiger partial charge < -0.3 is 19.7 Å². The molecule has 2 rings (SSSR count). The van der Waals surface area contributed by atoms with Crippen molar-refractivity contribution in [3.8, 4) is 11.5 Å². The molecule has 1 aromatic carbocycles. The Hall–Kier alpha value is -0.780. The molecule has 112 valence electrons. The minimum Gasteiger partial charge on any atom is -0.490 e. The summed E-state index contributed by atoms with van der Waals surface area (Å²) in [6.07, 6.45) is 3.12. The molecule has 1 aliphatic carbocycles. The van der Waals surface area contributed by atoms with Crippen LogP contribution in [0.25, 0.3) is 0 Å². The molecular formula is C15H21BrO4. The topological polar surface area (TPSA) is 58.9 Å². The van der Waals surface area contributed by atoms with Crippen LogP contribution in [0.3, 0.4) is 0 Å². The maximum absolute atomic E-state index is 10.0. The molecule has 0 heterocycles. The van der Waals surface area contributed by atoms with Gasteiger partial charge >= 0.3 is 0 Å². The fourth-order valence-corrected chi connectivity index (χ4v) is 3.04. The maximum Gasteiger partial charge on any atom is 0.175 e. The van der Waals surface area contributed by atoms with E-state index >= 15 is 0 Å². The number of aliphatic hydroxyl groups is 2. The van der Waals surface area contributed by atoms with Crippen LogP contribution in [0.5, 0.6) is 11.5 Å². The third kappa shape index (κ3) is 3.65. The molecule has 0 spiro atoms. The van der Waals surface area contributed by atoms with Crippen molar-refractivity contribution < 1.29 is 19.7 Å². The van der Waals surface area contributed by atoms with Crippen LogP contribution in [0, 0.1) is 0 Å². The molecule has 4 nitrogen and oxygen atoms in total. The minimum atomic E-state index is -0.428. The Morgan fingerprint density at radius 2 is 2.05 bits per heavy atom. The summed E-state index contributed by atoms with van der Waals surface area (Å²) in [5, 5.41) is 19.3. The lowest BCUT2D eigenvalue weighted by Gasteiger charge is -2.29. The summed E-state index contributed by atoms with van der Waals surface area (Å²) in [7, 11) is 0. The van der Waals surface area contributed by atoms with Gasteiger partial charge in [0.15, 0.2) is 11.5 Å². The first kappa shape index (κ1) is 15.6. The lowest BCUT2D eigenvalue weighted by atomic mass is 9.95. The van der Waals surface area contributed by atoms with Crippen LogP contribution < -0.4 is 9.47 Å². The lowest BCUT2D eigenvalue weighted by Crippen LogP contribution is -2.34. The van der Waals surface area contributed by atoms with E-state index in [0.29, 0.717) is 18.1 Å². The van der Waals surface area contributed by atoms with Gasteiger partial charge in [0.2, 0.25) is 0 Å². The highest BCUT2D eigenvalue weighted by Crippen LogP contribution is 2.39. The molecule has 0 aromatic heterocycles. The van der Waals surface area contributed by atoms with Gasteiger partial charge in [-0.3, -0.25) is 0 Å². The normalized spacial score (nSPS) is 22.6. The van der Waals surface area contributed by atoms with Crippen molar-refractivity contribution in [3.63, 3.8) is 0 Å². The number of benzene rings is 1. The van der Waals surface area contributed by atoms with Crippen molar-refractivity contribution in [3.05, 3.63) is 22.2 Å². The van der Waals surface area contributed by atoms with Crippen molar-refractivity contribution in [2.75, 3.05) is 6.61 Å². The molecule has 0 radical (unpaired) electrons. The molecular weight excluding hydrogens is 324 g/mol. The predicted octanol–water partition coefficient (Wildman–Crippen LogP) is 3.02. The standard InChI is InChI=1S/C15H21BrO4/c1-2-19-14-8-10(9-17)7-11(16)15(14)20-13-6-4-3-5-12(13)18/h7-8,12-13,17-18H,2-6,9H2,1H3. The number of hydrogen-bond acceptors (Lipinski definition) is 4. The molecule has 1 fully saturated rings. The zero-order valence-corrected chi connectivity index (χ0v) is 13.2. The SMILES string of the molecule is CCOc1cc(CO)cc(Br)c1OC1CCCCC1O. The summed E-state index contributed by atoms with van der Waals surface area (Å²) in [5.41, 5.74) is 0.761. The second kappa shape index (κ2) is 7.29. The maximum atomic E-state index is 10.0. The Balaban J connectivity index is 2.24. The molecule has 2 unspecified atom stereocenters. The number of ether oxygens (including phenoxy) is 2.